The number of phenols is 1. The minimum atomic E-state index is -0.334. The van der Waals surface area contributed by atoms with Crippen LogP contribution in [-0.2, 0) is 9.53 Å². The average molecular weight is 475 g/mol. The zero-order valence-corrected chi connectivity index (χ0v) is 22.0. The Morgan fingerprint density at radius 1 is 0.765 bits per heavy atom. The van der Waals surface area contributed by atoms with Gasteiger partial charge in [-0.05, 0) is 30.2 Å². The van der Waals surface area contributed by atoms with Crippen molar-refractivity contribution >= 4 is 12.0 Å². The number of aromatic hydroxyl groups is 1. The second kappa shape index (κ2) is 21.6. The molecular formula is C30H50O4. The van der Waals surface area contributed by atoms with Gasteiger partial charge in [0.25, 0.3) is 0 Å². The third kappa shape index (κ3) is 16.6. The second-order valence-electron chi connectivity index (χ2n) is 9.44. The predicted octanol–water partition coefficient (Wildman–Crippen LogP) is 9.00. The van der Waals surface area contributed by atoms with Crippen LogP contribution in [0.5, 0.6) is 11.5 Å². The molecule has 0 heterocycles. The van der Waals surface area contributed by atoms with Crippen molar-refractivity contribution in [2.24, 2.45) is 0 Å². The van der Waals surface area contributed by atoms with Gasteiger partial charge in [0.1, 0.15) is 0 Å². The Bertz CT molecular complexity index is 653. The van der Waals surface area contributed by atoms with E-state index < -0.39 is 0 Å². The normalized spacial score (nSPS) is 11.2. The third-order valence-corrected chi connectivity index (χ3v) is 6.36. The Morgan fingerprint density at radius 3 is 1.71 bits per heavy atom. The first-order valence-corrected chi connectivity index (χ1v) is 13.9. The fourth-order valence-electron chi connectivity index (χ4n) is 4.19. The summed E-state index contributed by atoms with van der Waals surface area (Å²) in [6.45, 7) is 2.75. The first kappa shape index (κ1) is 30.1. The lowest BCUT2D eigenvalue weighted by molar-refractivity contribution is -0.137. The Morgan fingerprint density at radius 2 is 1.24 bits per heavy atom. The summed E-state index contributed by atoms with van der Waals surface area (Å²) in [5, 5.41) is 9.60. The molecule has 0 atom stereocenters. The summed E-state index contributed by atoms with van der Waals surface area (Å²) in [6, 6.07) is 4.94. The van der Waals surface area contributed by atoms with E-state index in [1.165, 1.54) is 116 Å². The summed E-state index contributed by atoms with van der Waals surface area (Å²) in [5.74, 6) is 0.129. The summed E-state index contributed by atoms with van der Waals surface area (Å²) in [7, 11) is 1.50. The molecule has 4 nitrogen and oxygen atoms in total. The molecule has 1 rings (SSSR count). The standard InChI is InChI=1S/C30H50O4/c1-3-4-5-6-7-8-9-10-11-12-13-14-15-16-17-18-19-20-25-34-30(32)24-22-27-21-23-28(31)29(26-27)33-2/h21-24,26,31H,3-20,25H2,1-2H3/b24-22-. The van der Waals surface area contributed by atoms with E-state index in [4.69, 9.17) is 9.47 Å². The molecule has 0 aliphatic heterocycles. The molecule has 1 N–H and O–H groups in total. The molecule has 0 aliphatic carbocycles. The summed E-state index contributed by atoms with van der Waals surface area (Å²) in [4.78, 5) is 11.8. The van der Waals surface area contributed by atoms with E-state index in [1.807, 2.05) is 0 Å². The molecule has 0 aliphatic rings. The molecule has 0 radical (unpaired) electrons. The highest BCUT2D eigenvalue weighted by Crippen LogP contribution is 2.26. The van der Waals surface area contributed by atoms with Crippen LogP contribution >= 0.6 is 0 Å². The highest BCUT2D eigenvalue weighted by atomic mass is 16.5. The minimum absolute atomic E-state index is 0.0799. The summed E-state index contributed by atoms with van der Waals surface area (Å²) in [6.07, 6.45) is 27.3. The van der Waals surface area contributed by atoms with Gasteiger partial charge in [-0.1, -0.05) is 122 Å². The molecule has 0 aromatic heterocycles. The van der Waals surface area contributed by atoms with Gasteiger partial charge >= 0.3 is 5.97 Å². The zero-order chi connectivity index (χ0) is 24.7. The molecule has 0 amide bonds. The lowest BCUT2D eigenvalue weighted by Crippen LogP contribution is -2.02. The van der Waals surface area contributed by atoms with Crippen LogP contribution in [0.25, 0.3) is 6.08 Å². The quantitative estimate of drug-likeness (QED) is 0.103. The molecule has 1 aromatic carbocycles. The minimum Gasteiger partial charge on any atom is -0.504 e. The van der Waals surface area contributed by atoms with Gasteiger partial charge in [0, 0.05) is 6.08 Å². The van der Waals surface area contributed by atoms with Crippen molar-refractivity contribution in [3.63, 3.8) is 0 Å². The van der Waals surface area contributed by atoms with E-state index in [1.54, 1.807) is 24.3 Å². The van der Waals surface area contributed by atoms with Crippen molar-refractivity contribution in [2.75, 3.05) is 13.7 Å². The van der Waals surface area contributed by atoms with Crippen molar-refractivity contribution in [2.45, 2.75) is 122 Å². The van der Waals surface area contributed by atoms with Crippen LogP contribution in [0.4, 0.5) is 0 Å². The van der Waals surface area contributed by atoms with Gasteiger partial charge in [0.15, 0.2) is 11.5 Å². The molecule has 34 heavy (non-hydrogen) atoms. The van der Waals surface area contributed by atoms with E-state index in [-0.39, 0.29) is 11.7 Å². The van der Waals surface area contributed by atoms with E-state index >= 15 is 0 Å². The molecule has 0 spiro atoms. The van der Waals surface area contributed by atoms with E-state index in [0.717, 1.165) is 18.4 Å². The highest BCUT2D eigenvalue weighted by molar-refractivity contribution is 5.87. The fourth-order valence-corrected chi connectivity index (χ4v) is 4.19. The number of hydrogen-bond acceptors (Lipinski definition) is 4. The van der Waals surface area contributed by atoms with Crippen LogP contribution in [0.15, 0.2) is 24.3 Å². The molecule has 194 valence electrons. The van der Waals surface area contributed by atoms with Gasteiger partial charge in [-0.25, -0.2) is 4.79 Å². The van der Waals surface area contributed by atoms with E-state index in [9.17, 15) is 9.90 Å². The van der Waals surface area contributed by atoms with Crippen LogP contribution in [0.2, 0.25) is 0 Å². The van der Waals surface area contributed by atoms with Crippen molar-refractivity contribution in [3.05, 3.63) is 29.8 Å². The fraction of sp³-hybridized carbons (Fsp3) is 0.700. The average Bonchev–Trinajstić information content (AvgIpc) is 2.85. The van der Waals surface area contributed by atoms with Gasteiger partial charge in [-0.15, -0.1) is 0 Å². The first-order valence-electron chi connectivity index (χ1n) is 13.9. The number of unbranched alkanes of at least 4 members (excludes halogenated alkanes) is 17. The van der Waals surface area contributed by atoms with Crippen LogP contribution in [0.1, 0.15) is 128 Å². The Kier molecular flexibility index (Phi) is 19.1. The maximum Gasteiger partial charge on any atom is 0.330 e. The molecule has 1 aromatic rings. The van der Waals surface area contributed by atoms with Crippen LogP contribution < -0.4 is 4.74 Å². The highest BCUT2D eigenvalue weighted by Gasteiger charge is 2.02. The zero-order valence-electron chi connectivity index (χ0n) is 22.0. The number of esters is 1. The number of rotatable bonds is 22. The maximum atomic E-state index is 11.8. The third-order valence-electron chi connectivity index (χ3n) is 6.36. The SMILES string of the molecule is CCCCCCCCCCCCCCCCCCCCOC(=O)/C=C\c1ccc(O)c(OC)c1. The largest absolute Gasteiger partial charge is 0.504 e. The number of carbonyl (C=O) groups excluding carboxylic acids is 1. The van der Waals surface area contributed by atoms with Gasteiger partial charge in [0.2, 0.25) is 0 Å². The van der Waals surface area contributed by atoms with Gasteiger partial charge in [-0.3, -0.25) is 0 Å². The van der Waals surface area contributed by atoms with Crippen molar-refractivity contribution in [3.8, 4) is 11.5 Å². The van der Waals surface area contributed by atoms with Crippen LogP contribution in [0.3, 0.4) is 0 Å². The Hall–Kier alpha value is -1.97. The molecule has 0 saturated carbocycles. The summed E-state index contributed by atoms with van der Waals surface area (Å²) >= 11 is 0. The molecule has 0 fully saturated rings. The molecule has 4 heteroatoms. The smallest absolute Gasteiger partial charge is 0.330 e. The van der Waals surface area contributed by atoms with E-state index in [0.29, 0.717) is 12.4 Å². The van der Waals surface area contributed by atoms with Crippen molar-refractivity contribution < 1.29 is 19.4 Å². The number of carbonyl (C=O) groups is 1. The predicted molar refractivity (Wildman–Crippen MR) is 143 cm³/mol. The lowest BCUT2D eigenvalue weighted by Gasteiger charge is -2.05. The van der Waals surface area contributed by atoms with Gasteiger partial charge < -0.3 is 14.6 Å². The molecule has 0 saturated heterocycles. The van der Waals surface area contributed by atoms with Crippen molar-refractivity contribution in [1.29, 1.82) is 0 Å². The monoisotopic (exact) mass is 474 g/mol. The topological polar surface area (TPSA) is 55.8 Å². The van der Waals surface area contributed by atoms with E-state index in [2.05, 4.69) is 6.92 Å². The van der Waals surface area contributed by atoms with Gasteiger partial charge in [0.05, 0.1) is 13.7 Å². The lowest BCUT2D eigenvalue weighted by atomic mass is 10.0. The second-order valence-corrected chi connectivity index (χ2v) is 9.44. The van der Waals surface area contributed by atoms with Crippen molar-refractivity contribution in [1.82, 2.24) is 0 Å². The first-order chi connectivity index (χ1) is 16.7. The number of benzene rings is 1. The summed E-state index contributed by atoms with van der Waals surface area (Å²) < 4.78 is 10.3. The van der Waals surface area contributed by atoms with Gasteiger partial charge in [-0.2, -0.15) is 0 Å². The molecular weight excluding hydrogens is 424 g/mol. The molecule has 0 bridgehead atoms. The number of phenolic OH excluding ortho intramolecular Hbond substituents is 1. The number of hydrogen-bond donors (Lipinski definition) is 1. The molecule has 0 unspecified atom stereocenters. The maximum absolute atomic E-state index is 11.8. The Labute approximate surface area is 209 Å². The number of methoxy groups -OCH3 is 1. The Balaban J connectivity index is 1.85. The summed E-state index contributed by atoms with van der Waals surface area (Å²) in [5.41, 5.74) is 0.778. The van der Waals surface area contributed by atoms with Crippen LogP contribution in [-0.4, -0.2) is 24.8 Å². The number of ether oxygens (including phenoxy) is 2. The van der Waals surface area contributed by atoms with Crippen LogP contribution in [0, 0.1) is 0 Å².